The quantitative estimate of drug-likeness (QED) is 0.778. The first kappa shape index (κ1) is 17.8. The van der Waals surface area contributed by atoms with Crippen molar-refractivity contribution in [3.8, 4) is 0 Å². The monoisotopic (exact) mass is 372 g/mol. The van der Waals surface area contributed by atoms with Crippen molar-refractivity contribution in [1.82, 2.24) is 14.8 Å². The Kier molecular flexibility index (Phi) is 4.98. The Balaban J connectivity index is 1.33. The smallest absolute Gasteiger partial charge is 0.298 e. The Hall–Kier alpha value is -2.61. The second-order valence-corrected chi connectivity index (χ2v) is 7.01. The van der Waals surface area contributed by atoms with E-state index in [1.807, 2.05) is 29.2 Å². The number of rotatable bonds is 5. The summed E-state index contributed by atoms with van der Waals surface area (Å²) in [6.45, 7) is 4.10. The maximum absolute atomic E-state index is 12.8. The molecule has 0 bridgehead atoms. The Morgan fingerprint density at radius 1 is 1.26 bits per heavy atom. The molecule has 0 N–H and O–H groups in total. The second kappa shape index (κ2) is 7.56. The SMILES string of the molecule is COCCN1C[C@H](C(=O)N2CCN(c3nc4ccccc4o3)CC2)CC1=O. The number of fused-ring (bicyclic) bond motifs is 1. The van der Waals surface area contributed by atoms with Crippen LogP contribution in [0.25, 0.3) is 11.1 Å². The number of benzene rings is 1. The summed E-state index contributed by atoms with van der Waals surface area (Å²) in [5, 5.41) is 0. The molecule has 27 heavy (non-hydrogen) atoms. The van der Waals surface area contributed by atoms with Crippen molar-refractivity contribution in [3.05, 3.63) is 24.3 Å². The molecular weight excluding hydrogens is 348 g/mol. The predicted octanol–water partition coefficient (Wildman–Crippen LogP) is 0.971. The van der Waals surface area contributed by atoms with Crippen LogP contribution >= 0.6 is 0 Å². The molecule has 0 radical (unpaired) electrons. The molecule has 1 aromatic heterocycles. The van der Waals surface area contributed by atoms with Gasteiger partial charge in [-0.25, -0.2) is 0 Å². The number of para-hydroxylation sites is 2. The van der Waals surface area contributed by atoms with Gasteiger partial charge in [0, 0.05) is 52.8 Å². The molecule has 4 rings (SSSR count). The minimum absolute atomic E-state index is 0.0375. The summed E-state index contributed by atoms with van der Waals surface area (Å²) in [5.41, 5.74) is 1.61. The highest BCUT2D eigenvalue weighted by molar-refractivity contribution is 5.89. The van der Waals surface area contributed by atoms with Gasteiger partial charge >= 0.3 is 0 Å². The van der Waals surface area contributed by atoms with Crippen molar-refractivity contribution in [2.75, 3.05) is 57.9 Å². The lowest BCUT2D eigenvalue weighted by atomic mass is 10.1. The van der Waals surface area contributed by atoms with Gasteiger partial charge in [0.15, 0.2) is 5.58 Å². The van der Waals surface area contributed by atoms with E-state index < -0.39 is 0 Å². The molecule has 0 aliphatic carbocycles. The van der Waals surface area contributed by atoms with Crippen LogP contribution in [0.1, 0.15) is 6.42 Å². The molecule has 2 saturated heterocycles. The van der Waals surface area contributed by atoms with Crippen LogP contribution in [0, 0.1) is 5.92 Å². The molecule has 1 atom stereocenters. The molecule has 2 aliphatic rings. The van der Waals surface area contributed by atoms with Crippen LogP contribution in [0.2, 0.25) is 0 Å². The van der Waals surface area contributed by atoms with E-state index in [1.165, 1.54) is 0 Å². The first-order valence-electron chi connectivity index (χ1n) is 9.31. The fourth-order valence-corrected chi connectivity index (χ4v) is 3.73. The number of piperazine rings is 1. The van der Waals surface area contributed by atoms with Crippen LogP contribution in [0.5, 0.6) is 0 Å². The Bertz CT molecular complexity index is 795. The van der Waals surface area contributed by atoms with Crippen molar-refractivity contribution in [2.45, 2.75) is 6.42 Å². The maximum atomic E-state index is 12.8. The predicted molar refractivity (Wildman–Crippen MR) is 99.4 cm³/mol. The third kappa shape index (κ3) is 3.62. The summed E-state index contributed by atoms with van der Waals surface area (Å²) in [7, 11) is 1.61. The average Bonchev–Trinajstić information content (AvgIpc) is 3.29. The summed E-state index contributed by atoms with van der Waals surface area (Å²) in [5.74, 6) is -0.138. The zero-order valence-corrected chi connectivity index (χ0v) is 15.5. The van der Waals surface area contributed by atoms with E-state index in [9.17, 15) is 9.59 Å². The Labute approximate surface area is 157 Å². The van der Waals surface area contributed by atoms with Crippen LogP contribution in [0.3, 0.4) is 0 Å². The number of hydrogen-bond donors (Lipinski definition) is 0. The fraction of sp³-hybridized carbons (Fsp3) is 0.526. The summed E-state index contributed by atoms with van der Waals surface area (Å²) < 4.78 is 10.8. The van der Waals surface area contributed by atoms with Gasteiger partial charge < -0.3 is 23.9 Å². The van der Waals surface area contributed by atoms with Gasteiger partial charge in [-0.15, -0.1) is 0 Å². The standard InChI is InChI=1S/C19H24N4O4/c1-26-11-10-23-13-14(12-17(23)24)18(25)21-6-8-22(9-7-21)19-20-15-4-2-3-5-16(15)27-19/h2-5,14H,6-13H2,1H3/t14-/m1/s1. The molecule has 2 fully saturated rings. The van der Waals surface area contributed by atoms with Crippen molar-refractivity contribution < 1.29 is 18.7 Å². The van der Waals surface area contributed by atoms with Gasteiger partial charge in [-0.1, -0.05) is 12.1 Å². The number of carbonyl (C=O) groups excluding carboxylic acids is 2. The van der Waals surface area contributed by atoms with E-state index in [4.69, 9.17) is 9.15 Å². The van der Waals surface area contributed by atoms with E-state index in [2.05, 4.69) is 9.88 Å². The summed E-state index contributed by atoms with van der Waals surface area (Å²) in [4.78, 5) is 35.0. The highest BCUT2D eigenvalue weighted by atomic mass is 16.5. The number of ether oxygens (including phenoxy) is 1. The summed E-state index contributed by atoms with van der Waals surface area (Å²) in [6, 6.07) is 8.29. The van der Waals surface area contributed by atoms with Crippen LogP contribution in [0.15, 0.2) is 28.7 Å². The molecule has 1 aromatic carbocycles. The molecule has 0 spiro atoms. The normalized spacial score (nSPS) is 20.7. The van der Waals surface area contributed by atoms with Gasteiger partial charge in [0.05, 0.1) is 12.5 Å². The molecule has 2 amide bonds. The van der Waals surface area contributed by atoms with E-state index in [1.54, 1.807) is 12.0 Å². The van der Waals surface area contributed by atoms with Gasteiger partial charge in [0.2, 0.25) is 11.8 Å². The van der Waals surface area contributed by atoms with Crippen LogP contribution in [-0.4, -0.2) is 79.6 Å². The summed E-state index contributed by atoms with van der Waals surface area (Å²) >= 11 is 0. The van der Waals surface area contributed by atoms with E-state index in [0.717, 1.165) is 11.1 Å². The number of methoxy groups -OCH3 is 1. The topological polar surface area (TPSA) is 79.1 Å². The van der Waals surface area contributed by atoms with Crippen molar-refractivity contribution in [2.24, 2.45) is 5.92 Å². The van der Waals surface area contributed by atoms with Gasteiger partial charge in [-0.3, -0.25) is 9.59 Å². The van der Waals surface area contributed by atoms with E-state index in [0.29, 0.717) is 58.3 Å². The van der Waals surface area contributed by atoms with Crippen molar-refractivity contribution >= 4 is 28.9 Å². The number of amides is 2. The Morgan fingerprint density at radius 2 is 2.04 bits per heavy atom. The number of oxazole rings is 1. The number of likely N-dealkylation sites (tertiary alicyclic amines) is 1. The highest BCUT2D eigenvalue weighted by Gasteiger charge is 2.37. The molecule has 144 valence electrons. The number of carbonyl (C=O) groups is 2. The highest BCUT2D eigenvalue weighted by Crippen LogP contribution is 2.24. The van der Waals surface area contributed by atoms with E-state index >= 15 is 0 Å². The average molecular weight is 372 g/mol. The maximum Gasteiger partial charge on any atom is 0.298 e. The first-order valence-corrected chi connectivity index (χ1v) is 9.31. The fourth-order valence-electron chi connectivity index (χ4n) is 3.73. The molecule has 0 unspecified atom stereocenters. The lowest BCUT2D eigenvalue weighted by molar-refractivity contribution is -0.136. The van der Waals surface area contributed by atoms with Gasteiger partial charge in [0.1, 0.15) is 5.52 Å². The van der Waals surface area contributed by atoms with Crippen LogP contribution in [0.4, 0.5) is 6.01 Å². The number of aromatic nitrogens is 1. The van der Waals surface area contributed by atoms with Gasteiger partial charge in [-0.2, -0.15) is 4.98 Å². The van der Waals surface area contributed by atoms with Gasteiger partial charge in [0.25, 0.3) is 6.01 Å². The number of anilines is 1. The zero-order chi connectivity index (χ0) is 18.8. The number of hydrogen-bond acceptors (Lipinski definition) is 6. The van der Waals surface area contributed by atoms with Crippen LogP contribution < -0.4 is 4.90 Å². The Morgan fingerprint density at radius 3 is 2.78 bits per heavy atom. The van der Waals surface area contributed by atoms with E-state index in [-0.39, 0.29) is 17.7 Å². The molecule has 3 heterocycles. The minimum Gasteiger partial charge on any atom is -0.423 e. The minimum atomic E-state index is -0.245. The van der Waals surface area contributed by atoms with Crippen molar-refractivity contribution in [1.29, 1.82) is 0 Å². The van der Waals surface area contributed by atoms with Gasteiger partial charge in [-0.05, 0) is 12.1 Å². The third-order valence-electron chi connectivity index (χ3n) is 5.27. The molecule has 8 heteroatoms. The van der Waals surface area contributed by atoms with Crippen LogP contribution in [-0.2, 0) is 14.3 Å². The molecule has 8 nitrogen and oxygen atoms in total. The zero-order valence-electron chi connectivity index (χ0n) is 15.5. The lowest BCUT2D eigenvalue weighted by Crippen LogP contribution is -2.50. The largest absolute Gasteiger partial charge is 0.423 e. The molecule has 0 saturated carbocycles. The second-order valence-electron chi connectivity index (χ2n) is 7.01. The first-order chi connectivity index (χ1) is 13.2. The van der Waals surface area contributed by atoms with Crippen molar-refractivity contribution in [3.63, 3.8) is 0 Å². The molecule has 2 aromatic rings. The number of nitrogens with zero attached hydrogens (tertiary/aromatic N) is 4. The third-order valence-corrected chi connectivity index (χ3v) is 5.27. The summed E-state index contributed by atoms with van der Waals surface area (Å²) in [6.07, 6.45) is 0.299. The molecular formula is C19H24N4O4. The molecule has 2 aliphatic heterocycles. The lowest BCUT2D eigenvalue weighted by Gasteiger charge is -2.35.